The number of unbranched alkanes of at least 4 members (excludes halogenated alkanes) is 1. The predicted molar refractivity (Wildman–Crippen MR) is 144 cm³/mol. The fraction of sp³-hybridized carbons (Fsp3) is 0.793. The monoisotopic (exact) mass is 509 g/mol. The highest BCUT2D eigenvalue weighted by atomic mass is 16.5. The molecule has 7 nitrogen and oxygen atoms in total. The van der Waals surface area contributed by atoms with E-state index in [1.807, 2.05) is 32.9 Å². The van der Waals surface area contributed by atoms with E-state index in [1.54, 1.807) is 0 Å². The minimum absolute atomic E-state index is 0.0972. The van der Waals surface area contributed by atoms with E-state index < -0.39 is 16.8 Å². The van der Waals surface area contributed by atoms with Crippen LogP contribution in [0.5, 0.6) is 0 Å². The Morgan fingerprint density at radius 3 is 2.53 bits per heavy atom. The van der Waals surface area contributed by atoms with Crippen molar-refractivity contribution >= 4 is 11.9 Å². The lowest BCUT2D eigenvalue weighted by atomic mass is 9.69. The highest BCUT2D eigenvalue weighted by molar-refractivity contribution is 5.86. The summed E-state index contributed by atoms with van der Waals surface area (Å²) in [5.41, 5.74) is -0.716. The van der Waals surface area contributed by atoms with Crippen LogP contribution in [-0.4, -0.2) is 73.6 Å². The summed E-state index contributed by atoms with van der Waals surface area (Å²) in [6, 6.07) is 0.0972. The number of aliphatic carboxylic acids is 1. The van der Waals surface area contributed by atoms with E-state index in [0.29, 0.717) is 64.4 Å². The topological polar surface area (TPSA) is 85.3 Å². The lowest BCUT2D eigenvalue weighted by molar-refractivity contribution is -0.155. The van der Waals surface area contributed by atoms with Crippen LogP contribution in [0.3, 0.4) is 0 Å². The van der Waals surface area contributed by atoms with Gasteiger partial charge in [-0.25, -0.2) is 4.79 Å². The second-order valence-electron chi connectivity index (χ2n) is 10.9. The molecule has 7 heteroatoms. The molecule has 0 fully saturated rings. The Morgan fingerprint density at radius 1 is 1.25 bits per heavy atom. The van der Waals surface area contributed by atoms with Gasteiger partial charge in [-0.1, -0.05) is 39.3 Å². The fourth-order valence-corrected chi connectivity index (χ4v) is 4.89. The van der Waals surface area contributed by atoms with E-state index in [9.17, 15) is 14.7 Å². The number of esters is 1. The Labute approximate surface area is 219 Å². The second-order valence-corrected chi connectivity index (χ2v) is 10.9. The number of nitrogens with zero attached hydrogens (tertiary/aromatic N) is 1. The summed E-state index contributed by atoms with van der Waals surface area (Å²) < 4.78 is 17.4. The Hall–Kier alpha value is -1.70. The first-order valence-electron chi connectivity index (χ1n) is 13.6. The minimum Gasteiger partial charge on any atom is -0.478 e. The molecular weight excluding hydrogens is 458 g/mol. The van der Waals surface area contributed by atoms with Gasteiger partial charge in [0.25, 0.3) is 0 Å². The summed E-state index contributed by atoms with van der Waals surface area (Å²) >= 11 is 0. The lowest BCUT2D eigenvalue weighted by Crippen LogP contribution is -2.51. The van der Waals surface area contributed by atoms with Gasteiger partial charge >= 0.3 is 11.9 Å². The molecule has 0 aromatic rings. The van der Waals surface area contributed by atoms with Crippen LogP contribution in [0.15, 0.2) is 24.3 Å². The zero-order valence-corrected chi connectivity index (χ0v) is 23.8. The largest absolute Gasteiger partial charge is 0.478 e. The standard InChI is InChI=1S/C29H51NO6/c1-9-12-18-34-19-20-36-25-16-15-24(26(31)32)14-13-17-30(21-28(6,7)27(33)35-11-3)23(5)22(4)29(25,8)10-2/h10,15,22-23,25H,2,9,11-14,16-21H2,1,3-8H3,(H,31,32)/b24-15+/t22-,23?,25+,29-/m0/s1. The molecule has 208 valence electrons. The zero-order chi connectivity index (χ0) is 27.4. The van der Waals surface area contributed by atoms with E-state index in [2.05, 4.69) is 39.2 Å². The number of ether oxygens (including phenoxy) is 3. The number of carboxylic acids is 1. The van der Waals surface area contributed by atoms with Crippen molar-refractivity contribution in [1.82, 2.24) is 4.90 Å². The van der Waals surface area contributed by atoms with Crippen LogP contribution in [0.1, 0.15) is 80.6 Å². The van der Waals surface area contributed by atoms with Gasteiger partial charge in [-0.2, -0.15) is 0 Å². The van der Waals surface area contributed by atoms with Gasteiger partial charge in [0.1, 0.15) is 0 Å². The molecule has 1 N–H and O–H groups in total. The van der Waals surface area contributed by atoms with Crippen molar-refractivity contribution in [3.05, 3.63) is 24.3 Å². The maximum atomic E-state index is 12.7. The van der Waals surface area contributed by atoms with E-state index in [0.717, 1.165) is 12.8 Å². The van der Waals surface area contributed by atoms with Crippen molar-refractivity contribution in [2.75, 3.05) is 39.5 Å². The smallest absolute Gasteiger partial charge is 0.331 e. The Kier molecular flexibility index (Phi) is 13.9. The molecule has 0 aromatic heterocycles. The second kappa shape index (κ2) is 15.5. The Balaban J connectivity index is 3.26. The molecule has 1 rings (SSSR count). The number of rotatable bonds is 13. The lowest BCUT2D eigenvalue weighted by Gasteiger charge is -2.46. The van der Waals surface area contributed by atoms with Crippen LogP contribution in [0, 0.1) is 16.7 Å². The van der Waals surface area contributed by atoms with Crippen molar-refractivity contribution < 1.29 is 28.9 Å². The van der Waals surface area contributed by atoms with Crippen LogP contribution >= 0.6 is 0 Å². The van der Waals surface area contributed by atoms with Gasteiger partial charge in [0.15, 0.2) is 0 Å². The number of carbonyl (C=O) groups excluding carboxylic acids is 1. The van der Waals surface area contributed by atoms with Crippen molar-refractivity contribution in [2.45, 2.75) is 92.7 Å². The van der Waals surface area contributed by atoms with E-state index in [-0.39, 0.29) is 24.0 Å². The third-order valence-corrected chi connectivity index (χ3v) is 7.77. The van der Waals surface area contributed by atoms with E-state index in [1.165, 1.54) is 0 Å². The third kappa shape index (κ3) is 9.31. The molecule has 0 radical (unpaired) electrons. The summed E-state index contributed by atoms with van der Waals surface area (Å²) in [6.07, 6.45) is 7.27. The zero-order valence-electron chi connectivity index (χ0n) is 23.8. The predicted octanol–water partition coefficient (Wildman–Crippen LogP) is 5.49. The quantitative estimate of drug-likeness (QED) is 0.200. The van der Waals surface area contributed by atoms with Crippen LogP contribution in [-0.2, 0) is 23.8 Å². The number of carbonyl (C=O) groups is 2. The minimum atomic E-state index is -0.893. The molecule has 1 aliphatic heterocycles. The molecule has 1 heterocycles. The van der Waals surface area contributed by atoms with Crippen LogP contribution in [0.2, 0.25) is 0 Å². The van der Waals surface area contributed by atoms with Gasteiger partial charge in [-0.15, -0.1) is 6.58 Å². The summed E-state index contributed by atoms with van der Waals surface area (Å²) in [5, 5.41) is 9.82. The van der Waals surface area contributed by atoms with Gasteiger partial charge in [0.2, 0.25) is 0 Å². The van der Waals surface area contributed by atoms with Crippen LogP contribution in [0.4, 0.5) is 0 Å². The molecule has 0 aliphatic carbocycles. The molecule has 1 aliphatic rings. The molecule has 1 unspecified atom stereocenters. The molecule has 36 heavy (non-hydrogen) atoms. The van der Waals surface area contributed by atoms with Crippen LogP contribution in [0.25, 0.3) is 0 Å². The van der Waals surface area contributed by atoms with Crippen molar-refractivity contribution in [2.24, 2.45) is 16.7 Å². The third-order valence-electron chi connectivity index (χ3n) is 7.77. The SMILES string of the molecule is C=C[C@]1(C)[C@H](OCCOCCCC)C/C=C(/C(=O)O)CCCN(CC(C)(C)C(=O)OCC)C(C)[C@@H]1C. The molecular formula is C29H51NO6. The van der Waals surface area contributed by atoms with Gasteiger partial charge < -0.3 is 19.3 Å². The average molecular weight is 510 g/mol. The van der Waals surface area contributed by atoms with Crippen molar-refractivity contribution in [3.8, 4) is 0 Å². The molecule has 0 saturated carbocycles. The highest BCUT2D eigenvalue weighted by Gasteiger charge is 2.43. The van der Waals surface area contributed by atoms with Crippen molar-refractivity contribution in [3.63, 3.8) is 0 Å². The average Bonchev–Trinajstić information content (AvgIpc) is 2.85. The Morgan fingerprint density at radius 2 is 1.94 bits per heavy atom. The summed E-state index contributed by atoms with van der Waals surface area (Å²) in [4.78, 5) is 26.9. The van der Waals surface area contributed by atoms with E-state index >= 15 is 0 Å². The molecule has 0 spiro atoms. The summed E-state index contributed by atoms with van der Waals surface area (Å²) in [6.45, 7) is 21.7. The van der Waals surface area contributed by atoms with Gasteiger partial charge in [0.05, 0.1) is 31.3 Å². The van der Waals surface area contributed by atoms with Crippen LogP contribution < -0.4 is 0 Å². The fourth-order valence-electron chi connectivity index (χ4n) is 4.89. The first kappa shape index (κ1) is 32.3. The van der Waals surface area contributed by atoms with Gasteiger partial charge in [0, 0.05) is 30.2 Å². The summed E-state index contributed by atoms with van der Waals surface area (Å²) in [7, 11) is 0. The molecule has 0 amide bonds. The maximum Gasteiger partial charge on any atom is 0.331 e. The normalized spacial score (nSPS) is 28.0. The molecule has 0 bridgehead atoms. The molecule has 0 aromatic carbocycles. The highest BCUT2D eigenvalue weighted by Crippen LogP contribution is 2.41. The van der Waals surface area contributed by atoms with E-state index in [4.69, 9.17) is 14.2 Å². The first-order valence-corrected chi connectivity index (χ1v) is 13.6. The first-order chi connectivity index (χ1) is 16.9. The van der Waals surface area contributed by atoms with Gasteiger partial charge in [-0.3, -0.25) is 9.69 Å². The Bertz CT molecular complexity index is 733. The maximum absolute atomic E-state index is 12.7. The molecule has 4 atom stereocenters. The van der Waals surface area contributed by atoms with Gasteiger partial charge in [-0.05, 0) is 65.8 Å². The number of hydrogen-bond acceptors (Lipinski definition) is 6. The van der Waals surface area contributed by atoms with Crippen molar-refractivity contribution in [1.29, 1.82) is 0 Å². The number of hydrogen-bond donors (Lipinski definition) is 1. The number of carboxylic acid groups (broad SMARTS) is 1. The molecule has 0 saturated heterocycles. The summed E-state index contributed by atoms with van der Waals surface area (Å²) in [5.74, 6) is -0.990.